The van der Waals surface area contributed by atoms with Gasteiger partial charge in [-0.1, -0.05) is 0 Å². The Bertz CT molecular complexity index is 599. The molecule has 0 saturated heterocycles. The maximum Gasteiger partial charge on any atom is 0.124 e. The van der Waals surface area contributed by atoms with E-state index in [-0.39, 0.29) is 6.10 Å². The van der Waals surface area contributed by atoms with E-state index in [0.717, 1.165) is 25.8 Å². The van der Waals surface area contributed by atoms with E-state index in [1.54, 1.807) is 0 Å². The van der Waals surface area contributed by atoms with Gasteiger partial charge in [-0.05, 0) is 54.0 Å². The Morgan fingerprint density at radius 2 is 2.05 bits per heavy atom. The summed E-state index contributed by atoms with van der Waals surface area (Å²) in [6.45, 7) is 4.00. The molecule has 1 aromatic heterocycles. The summed E-state index contributed by atoms with van der Waals surface area (Å²) < 4.78 is 6.36. The average molecular weight is 337 g/mol. The Hall–Kier alpha value is -1.38. The molecular formula is C14H13BrN2OS. The van der Waals surface area contributed by atoms with Crippen molar-refractivity contribution in [2.75, 3.05) is 0 Å². The number of thiazole rings is 1. The summed E-state index contributed by atoms with van der Waals surface area (Å²) in [6.07, 6.45) is 0.550. The van der Waals surface area contributed by atoms with Gasteiger partial charge in [0, 0.05) is 5.56 Å². The van der Waals surface area contributed by atoms with Crippen molar-refractivity contribution in [3.05, 3.63) is 33.7 Å². The first-order chi connectivity index (χ1) is 9.10. The van der Waals surface area contributed by atoms with Gasteiger partial charge in [0.1, 0.15) is 15.4 Å². The number of nitriles is 1. The third-order valence-electron chi connectivity index (χ3n) is 2.36. The van der Waals surface area contributed by atoms with Crippen LogP contribution < -0.4 is 4.74 Å². The minimum absolute atomic E-state index is 0.169. The van der Waals surface area contributed by atoms with Crippen molar-refractivity contribution in [2.24, 2.45) is 0 Å². The van der Waals surface area contributed by atoms with Crippen molar-refractivity contribution in [2.45, 2.75) is 26.4 Å². The smallest absolute Gasteiger partial charge is 0.124 e. The SMILES string of the molecule is CC(C)Oc1ccc(-c2nc(Br)c(CC#N)s2)cc1. The zero-order valence-corrected chi connectivity index (χ0v) is 13.1. The molecule has 0 radical (unpaired) electrons. The van der Waals surface area contributed by atoms with Crippen molar-refractivity contribution in [1.82, 2.24) is 4.98 Å². The molecule has 0 aliphatic heterocycles. The number of hydrogen-bond acceptors (Lipinski definition) is 4. The van der Waals surface area contributed by atoms with E-state index in [1.807, 2.05) is 38.1 Å². The second-order valence-electron chi connectivity index (χ2n) is 4.26. The van der Waals surface area contributed by atoms with Crippen molar-refractivity contribution in [3.8, 4) is 22.4 Å². The normalized spacial score (nSPS) is 10.5. The lowest BCUT2D eigenvalue weighted by Gasteiger charge is -2.09. The number of benzene rings is 1. The van der Waals surface area contributed by atoms with Crippen LogP contribution in [0.4, 0.5) is 0 Å². The van der Waals surface area contributed by atoms with E-state index >= 15 is 0 Å². The summed E-state index contributed by atoms with van der Waals surface area (Å²) in [4.78, 5) is 5.39. The van der Waals surface area contributed by atoms with Gasteiger partial charge in [-0.2, -0.15) is 5.26 Å². The van der Waals surface area contributed by atoms with Gasteiger partial charge >= 0.3 is 0 Å². The molecule has 0 aliphatic carbocycles. The van der Waals surface area contributed by atoms with E-state index < -0.39 is 0 Å². The van der Waals surface area contributed by atoms with Crippen LogP contribution in [0.2, 0.25) is 0 Å². The van der Waals surface area contributed by atoms with Crippen molar-refractivity contribution in [3.63, 3.8) is 0 Å². The monoisotopic (exact) mass is 336 g/mol. The van der Waals surface area contributed by atoms with Gasteiger partial charge in [-0.3, -0.25) is 0 Å². The minimum Gasteiger partial charge on any atom is -0.491 e. The van der Waals surface area contributed by atoms with E-state index in [1.165, 1.54) is 11.3 Å². The Morgan fingerprint density at radius 3 is 2.63 bits per heavy atom. The molecule has 19 heavy (non-hydrogen) atoms. The molecule has 5 heteroatoms. The number of hydrogen-bond donors (Lipinski definition) is 0. The van der Waals surface area contributed by atoms with Gasteiger partial charge in [0.15, 0.2) is 0 Å². The largest absolute Gasteiger partial charge is 0.491 e. The zero-order chi connectivity index (χ0) is 13.8. The van der Waals surface area contributed by atoms with Crippen LogP contribution in [0.1, 0.15) is 18.7 Å². The maximum atomic E-state index is 8.74. The van der Waals surface area contributed by atoms with Crippen LogP contribution in [0.3, 0.4) is 0 Å². The Kier molecular flexibility index (Phi) is 4.56. The summed E-state index contributed by atoms with van der Waals surface area (Å²) in [6, 6.07) is 9.99. The lowest BCUT2D eigenvalue weighted by Crippen LogP contribution is -2.05. The maximum absolute atomic E-state index is 8.74. The van der Waals surface area contributed by atoms with Gasteiger partial charge < -0.3 is 4.74 Å². The number of halogens is 1. The Labute approximate surface area is 125 Å². The van der Waals surface area contributed by atoms with Crippen LogP contribution in [0, 0.1) is 11.3 Å². The van der Waals surface area contributed by atoms with Crippen LogP contribution in [0.15, 0.2) is 28.9 Å². The van der Waals surface area contributed by atoms with E-state index in [2.05, 4.69) is 27.0 Å². The lowest BCUT2D eigenvalue weighted by molar-refractivity contribution is 0.242. The Balaban J connectivity index is 2.22. The van der Waals surface area contributed by atoms with Crippen molar-refractivity contribution < 1.29 is 4.74 Å². The highest BCUT2D eigenvalue weighted by Crippen LogP contribution is 2.32. The van der Waals surface area contributed by atoms with E-state index in [4.69, 9.17) is 10.00 Å². The Morgan fingerprint density at radius 1 is 1.37 bits per heavy atom. The molecule has 0 amide bonds. The molecule has 0 N–H and O–H groups in total. The molecule has 0 atom stereocenters. The van der Waals surface area contributed by atoms with Crippen molar-refractivity contribution >= 4 is 27.3 Å². The number of nitrogens with zero attached hydrogens (tertiary/aromatic N) is 2. The van der Waals surface area contributed by atoms with Crippen LogP contribution in [0.5, 0.6) is 5.75 Å². The molecule has 0 bridgehead atoms. The molecule has 0 fully saturated rings. The van der Waals surface area contributed by atoms with E-state index in [9.17, 15) is 0 Å². The second-order valence-corrected chi connectivity index (χ2v) is 6.09. The van der Waals surface area contributed by atoms with E-state index in [0.29, 0.717) is 6.42 Å². The first-order valence-corrected chi connectivity index (χ1v) is 7.50. The van der Waals surface area contributed by atoms with Gasteiger partial charge in [0.25, 0.3) is 0 Å². The van der Waals surface area contributed by atoms with Gasteiger partial charge in [0.05, 0.1) is 23.5 Å². The zero-order valence-electron chi connectivity index (χ0n) is 10.7. The predicted molar refractivity (Wildman–Crippen MR) is 80.3 cm³/mol. The molecule has 0 aliphatic rings. The molecule has 2 aromatic rings. The number of aromatic nitrogens is 1. The fourth-order valence-electron chi connectivity index (χ4n) is 1.59. The summed E-state index contributed by atoms with van der Waals surface area (Å²) in [5.41, 5.74) is 1.03. The molecule has 0 unspecified atom stereocenters. The first kappa shape index (κ1) is 14.0. The fourth-order valence-corrected chi connectivity index (χ4v) is 3.15. The first-order valence-electron chi connectivity index (χ1n) is 5.89. The molecule has 0 saturated carbocycles. The van der Waals surface area contributed by atoms with Gasteiger partial charge in [-0.15, -0.1) is 11.3 Å². The quantitative estimate of drug-likeness (QED) is 0.829. The second kappa shape index (κ2) is 6.18. The third-order valence-corrected chi connectivity index (χ3v) is 4.39. The van der Waals surface area contributed by atoms with Gasteiger partial charge in [0.2, 0.25) is 0 Å². The standard InChI is InChI=1S/C14H13BrN2OS/c1-9(2)18-11-5-3-10(4-6-11)14-17-13(15)12(19-14)7-8-16/h3-6,9H,7H2,1-2H3. The average Bonchev–Trinajstić information content (AvgIpc) is 2.72. The topological polar surface area (TPSA) is 45.9 Å². The highest BCUT2D eigenvalue weighted by molar-refractivity contribution is 9.10. The molecular weight excluding hydrogens is 324 g/mol. The lowest BCUT2D eigenvalue weighted by atomic mass is 10.2. The van der Waals surface area contributed by atoms with Crippen molar-refractivity contribution in [1.29, 1.82) is 5.26 Å². The summed E-state index contributed by atoms with van der Waals surface area (Å²) >= 11 is 4.92. The summed E-state index contributed by atoms with van der Waals surface area (Å²) in [5.74, 6) is 0.853. The van der Waals surface area contributed by atoms with Gasteiger partial charge in [-0.25, -0.2) is 4.98 Å². The van der Waals surface area contributed by atoms with Crippen LogP contribution >= 0.6 is 27.3 Å². The summed E-state index contributed by atoms with van der Waals surface area (Å²) in [7, 11) is 0. The molecule has 3 nitrogen and oxygen atoms in total. The third kappa shape index (κ3) is 3.55. The number of ether oxygens (including phenoxy) is 1. The molecule has 1 heterocycles. The number of rotatable bonds is 4. The predicted octanol–water partition coefficient (Wildman–Crippen LogP) is 4.43. The fraction of sp³-hybridized carbons (Fsp3) is 0.286. The molecule has 2 rings (SSSR count). The van der Waals surface area contributed by atoms with Crippen LogP contribution in [-0.4, -0.2) is 11.1 Å². The minimum atomic E-state index is 0.169. The van der Waals surface area contributed by atoms with Crippen LogP contribution in [-0.2, 0) is 6.42 Å². The molecule has 1 aromatic carbocycles. The van der Waals surface area contributed by atoms with Crippen LogP contribution in [0.25, 0.3) is 10.6 Å². The highest BCUT2D eigenvalue weighted by atomic mass is 79.9. The molecule has 0 spiro atoms. The summed E-state index contributed by atoms with van der Waals surface area (Å²) in [5, 5.41) is 9.65. The molecule has 98 valence electrons. The highest BCUT2D eigenvalue weighted by Gasteiger charge is 2.10.